The van der Waals surface area contributed by atoms with Gasteiger partial charge in [0.1, 0.15) is 6.26 Å². The summed E-state index contributed by atoms with van der Waals surface area (Å²) < 4.78 is 11.4. The number of hydrogen-bond donors (Lipinski definition) is 2. The smallest absolute Gasteiger partial charge is 0.236 e. The van der Waals surface area contributed by atoms with Crippen LogP contribution >= 0.6 is 35.3 Å². The molecule has 0 spiro atoms. The van der Waals surface area contributed by atoms with Gasteiger partial charge in [0.2, 0.25) is 5.89 Å². The van der Waals surface area contributed by atoms with E-state index in [9.17, 15) is 0 Å². The van der Waals surface area contributed by atoms with Gasteiger partial charge in [0.25, 0.3) is 0 Å². The number of halogens is 1. The summed E-state index contributed by atoms with van der Waals surface area (Å²) in [6, 6.07) is 4.35. The number of aromatic nitrogens is 1. The second-order valence-corrected chi connectivity index (χ2v) is 6.86. The fourth-order valence-corrected chi connectivity index (χ4v) is 3.89. The molecule has 130 valence electrons. The van der Waals surface area contributed by atoms with E-state index in [-0.39, 0.29) is 24.0 Å². The highest BCUT2D eigenvalue weighted by atomic mass is 127. The number of guanidine groups is 1. The highest BCUT2D eigenvalue weighted by Crippen LogP contribution is 2.34. The average molecular weight is 460 g/mol. The zero-order valence-electron chi connectivity index (χ0n) is 13.4. The molecule has 2 aromatic heterocycles. The van der Waals surface area contributed by atoms with Gasteiger partial charge >= 0.3 is 0 Å². The zero-order valence-corrected chi connectivity index (χ0v) is 16.5. The first kappa shape index (κ1) is 17.7. The Morgan fingerprint density at radius 3 is 3.04 bits per heavy atom. The van der Waals surface area contributed by atoms with E-state index in [0.717, 1.165) is 29.4 Å². The lowest BCUT2D eigenvalue weighted by atomic mass is 9.96. The molecule has 2 aliphatic rings. The highest BCUT2D eigenvalue weighted by molar-refractivity contribution is 14.0. The maximum absolute atomic E-state index is 5.87. The largest absolute Gasteiger partial charge is 0.443 e. The Labute approximate surface area is 162 Å². The number of hydrogen-bond acceptors (Lipinski definition) is 5. The van der Waals surface area contributed by atoms with Gasteiger partial charge in [0, 0.05) is 7.05 Å². The van der Waals surface area contributed by atoms with Crippen molar-refractivity contribution in [3.05, 3.63) is 29.5 Å². The minimum atomic E-state index is 0. The highest BCUT2D eigenvalue weighted by Gasteiger charge is 2.41. The average Bonchev–Trinajstić information content (AvgIpc) is 3.35. The Hall–Kier alpha value is -1.13. The number of rotatable bonds is 4. The third-order valence-corrected chi connectivity index (χ3v) is 5.23. The number of fused-ring (bicyclic) bond motifs is 2. The van der Waals surface area contributed by atoms with Crippen LogP contribution in [0.4, 0.5) is 0 Å². The van der Waals surface area contributed by atoms with Gasteiger partial charge in [-0.3, -0.25) is 4.99 Å². The first-order chi connectivity index (χ1) is 11.3. The van der Waals surface area contributed by atoms with E-state index >= 15 is 0 Å². The van der Waals surface area contributed by atoms with Crippen molar-refractivity contribution in [3.8, 4) is 10.8 Å². The number of aliphatic imine (C=N–C) groups is 1. The lowest BCUT2D eigenvalue weighted by Crippen LogP contribution is -2.47. The molecule has 0 radical (unpaired) electrons. The number of ether oxygens (including phenoxy) is 1. The van der Waals surface area contributed by atoms with Crippen molar-refractivity contribution in [2.75, 3.05) is 7.05 Å². The van der Waals surface area contributed by atoms with Crippen LogP contribution in [0.5, 0.6) is 0 Å². The number of nitrogens with zero attached hydrogens (tertiary/aromatic N) is 2. The third kappa shape index (κ3) is 3.75. The molecule has 4 rings (SSSR count). The summed E-state index contributed by atoms with van der Waals surface area (Å²) in [6.45, 7) is 0.580. The summed E-state index contributed by atoms with van der Waals surface area (Å²) in [5.41, 5.74) is 0.862. The number of thiophene rings is 1. The maximum atomic E-state index is 5.87. The summed E-state index contributed by atoms with van der Waals surface area (Å²) in [7, 11) is 1.78. The molecule has 2 saturated heterocycles. The monoisotopic (exact) mass is 460 g/mol. The Morgan fingerprint density at radius 1 is 1.46 bits per heavy atom. The minimum absolute atomic E-state index is 0. The molecule has 0 amide bonds. The molecule has 8 heteroatoms. The number of nitrogens with one attached hydrogen (secondary N) is 2. The van der Waals surface area contributed by atoms with Gasteiger partial charge in [-0.1, -0.05) is 6.07 Å². The van der Waals surface area contributed by atoms with Crippen molar-refractivity contribution in [3.63, 3.8) is 0 Å². The van der Waals surface area contributed by atoms with Crippen LogP contribution in [0, 0.1) is 0 Å². The van der Waals surface area contributed by atoms with E-state index in [0.29, 0.717) is 30.7 Å². The lowest BCUT2D eigenvalue weighted by Gasteiger charge is -2.22. The van der Waals surface area contributed by atoms with Crippen LogP contribution in [-0.4, -0.2) is 36.2 Å². The molecule has 2 aliphatic heterocycles. The number of oxazole rings is 1. The van der Waals surface area contributed by atoms with Crippen LogP contribution in [0.25, 0.3) is 10.8 Å². The fourth-order valence-electron chi connectivity index (χ4n) is 3.24. The Balaban J connectivity index is 0.00000169. The second kappa shape index (κ2) is 7.83. The van der Waals surface area contributed by atoms with Crippen LogP contribution in [-0.2, 0) is 11.3 Å². The van der Waals surface area contributed by atoms with Crippen molar-refractivity contribution in [2.24, 2.45) is 4.99 Å². The summed E-state index contributed by atoms with van der Waals surface area (Å²) in [6.07, 6.45) is 5.86. The van der Waals surface area contributed by atoms with Crippen molar-refractivity contribution >= 4 is 41.3 Å². The first-order valence-electron chi connectivity index (χ1n) is 7.93. The van der Waals surface area contributed by atoms with Crippen LogP contribution < -0.4 is 10.6 Å². The molecular formula is C16H21IN4O2S. The topological polar surface area (TPSA) is 71.7 Å². The van der Waals surface area contributed by atoms with Crippen LogP contribution in [0.3, 0.4) is 0 Å². The molecular weight excluding hydrogens is 439 g/mol. The normalized spacial score (nSPS) is 25.5. The molecule has 24 heavy (non-hydrogen) atoms. The molecule has 2 bridgehead atoms. The molecule has 4 heterocycles. The summed E-state index contributed by atoms with van der Waals surface area (Å²) in [4.78, 5) is 9.83. The van der Waals surface area contributed by atoms with E-state index in [1.165, 1.54) is 6.42 Å². The Morgan fingerprint density at radius 2 is 2.38 bits per heavy atom. The standard InChI is InChI=1S/C16H20N4O2S.HI/c1-17-16(20-12-7-11-4-5-13(12)22-11)18-8-10-9-21-15(19-10)14-3-2-6-23-14;/h2-3,6,9,11-13H,4-5,7-8H2,1H3,(H2,17,18,20);1H. The molecule has 3 unspecified atom stereocenters. The predicted molar refractivity (Wildman–Crippen MR) is 105 cm³/mol. The van der Waals surface area contributed by atoms with Crippen molar-refractivity contribution in [1.82, 2.24) is 15.6 Å². The van der Waals surface area contributed by atoms with Gasteiger partial charge in [-0.25, -0.2) is 4.98 Å². The van der Waals surface area contributed by atoms with E-state index in [1.54, 1.807) is 24.6 Å². The quantitative estimate of drug-likeness (QED) is 0.417. The second-order valence-electron chi connectivity index (χ2n) is 5.91. The molecule has 0 aromatic carbocycles. The molecule has 6 nitrogen and oxygen atoms in total. The SMILES string of the molecule is CN=C(NCc1coc(-c2cccs2)n1)NC1CC2CCC1O2.I. The van der Waals surface area contributed by atoms with Gasteiger partial charge in [-0.2, -0.15) is 0 Å². The summed E-state index contributed by atoms with van der Waals surface area (Å²) >= 11 is 1.62. The van der Waals surface area contributed by atoms with Crippen LogP contribution in [0.1, 0.15) is 25.0 Å². The van der Waals surface area contributed by atoms with Crippen LogP contribution in [0.2, 0.25) is 0 Å². The lowest BCUT2D eigenvalue weighted by molar-refractivity contribution is 0.0992. The minimum Gasteiger partial charge on any atom is -0.443 e. The molecule has 0 aliphatic carbocycles. The van der Waals surface area contributed by atoms with E-state index in [2.05, 4.69) is 20.6 Å². The molecule has 2 fully saturated rings. The van der Waals surface area contributed by atoms with Gasteiger partial charge in [0.05, 0.1) is 35.4 Å². The summed E-state index contributed by atoms with van der Waals surface area (Å²) in [5, 5.41) is 8.77. The maximum Gasteiger partial charge on any atom is 0.236 e. The molecule has 0 saturated carbocycles. The van der Waals surface area contributed by atoms with Gasteiger partial charge in [-0.05, 0) is 30.7 Å². The van der Waals surface area contributed by atoms with Gasteiger partial charge in [-0.15, -0.1) is 35.3 Å². The predicted octanol–water partition coefficient (Wildman–Crippen LogP) is 3.01. The third-order valence-electron chi connectivity index (χ3n) is 4.37. The molecule has 3 atom stereocenters. The van der Waals surface area contributed by atoms with E-state index in [4.69, 9.17) is 9.15 Å². The fraction of sp³-hybridized carbons (Fsp3) is 0.500. The van der Waals surface area contributed by atoms with Crippen LogP contribution in [0.15, 0.2) is 33.2 Å². The van der Waals surface area contributed by atoms with Crippen molar-refractivity contribution in [2.45, 2.75) is 44.1 Å². The Bertz CT molecular complexity index is 688. The van der Waals surface area contributed by atoms with Crippen molar-refractivity contribution < 1.29 is 9.15 Å². The molecule has 2 aromatic rings. The first-order valence-corrected chi connectivity index (χ1v) is 8.80. The zero-order chi connectivity index (χ0) is 15.6. The van der Waals surface area contributed by atoms with E-state index in [1.807, 2.05) is 17.5 Å². The van der Waals surface area contributed by atoms with Gasteiger partial charge < -0.3 is 19.8 Å². The summed E-state index contributed by atoms with van der Waals surface area (Å²) in [5.74, 6) is 1.45. The Kier molecular flexibility index (Phi) is 5.77. The van der Waals surface area contributed by atoms with Gasteiger partial charge in [0.15, 0.2) is 5.96 Å². The van der Waals surface area contributed by atoms with Crippen molar-refractivity contribution in [1.29, 1.82) is 0 Å². The molecule has 2 N–H and O–H groups in total. The van der Waals surface area contributed by atoms with E-state index < -0.39 is 0 Å².